The summed E-state index contributed by atoms with van der Waals surface area (Å²) in [7, 11) is 0. The molecule has 5 heteroatoms. The number of esters is 2. The Bertz CT molecular complexity index is 467. The first-order chi connectivity index (χ1) is 10.6. The third-order valence-corrected chi connectivity index (χ3v) is 3.92. The molecule has 0 spiro atoms. The number of carbonyl (C=O) groups excluding carboxylic acids is 2. The van der Waals surface area contributed by atoms with E-state index in [0.29, 0.717) is 18.1 Å². The van der Waals surface area contributed by atoms with E-state index in [9.17, 15) is 9.59 Å². The molecule has 2 rings (SSSR count). The third kappa shape index (κ3) is 5.64. The fraction of sp³-hybridized carbons (Fsp3) is 0.647. The number of hydrogen-bond acceptors (Lipinski definition) is 5. The van der Waals surface area contributed by atoms with Gasteiger partial charge in [-0.3, -0.25) is 0 Å². The zero-order valence-electron chi connectivity index (χ0n) is 13.3. The Morgan fingerprint density at radius 3 is 2.41 bits per heavy atom. The minimum absolute atomic E-state index is 0.0278. The van der Waals surface area contributed by atoms with E-state index >= 15 is 0 Å². The van der Waals surface area contributed by atoms with E-state index in [0.717, 1.165) is 19.1 Å². The molecule has 1 aliphatic carbocycles. The molecule has 1 saturated carbocycles. The van der Waals surface area contributed by atoms with E-state index in [1.165, 1.54) is 19.3 Å². The summed E-state index contributed by atoms with van der Waals surface area (Å²) in [6.07, 6.45) is 9.18. The maximum absolute atomic E-state index is 11.9. The highest BCUT2D eigenvalue weighted by Crippen LogP contribution is 2.25. The molecule has 5 nitrogen and oxygen atoms in total. The lowest BCUT2D eigenvalue weighted by Crippen LogP contribution is -2.12. The molecule has 0 aromatic heterocycles. The molecule has 0 radical (unpaired) electrons. The molecule has 1 saturated heterocycles. The molecule has 2 fully saturated rings. The summed E-state index contributed by atoms with van der Waals surface area (Å²) < 4.78 is 15.0. The smallest absolute Gasteiger partial charge is 0.338 e. The van der Waals surface area contributed by atoms with E-state index < -0.39 is 11.9 Å². The second-order valence-corrected chi connectivity index (χ2v) is 6.01. The van der Waals surface area contributed by atoms with Crippen LogP contribution in [0.1, 0.15) is 46.0 Å². The lowest BCUT2D eigenvalue weighted by Gasteiger charge is -2.18. The van der Waals surface area contributed by atoms with Crippen molar-refractivity contribution in [2.45, 2.75) is 52.1 Å². The first kappa shape index (κ1) is 16.7. The van der Waals surface area contributed by atoms with E-state index in [2.05, 4.69) is 0 Å². The number of ether oxygens (including phenoxy) is 3. The van der Waals surface area contributed by atoms with Crippen LogP contribution in [-0.4, -0.2) is 31.3 Å². The summed E-state index contributed by atoms with van der Waals surface area (Å²) in [6.45, 7) is 4.20. The van der Waals surface area contributed by atoms with Crippen molar-refractivity contribution in [3.63, 3.8) is 0 Å². The van der Waals surface area contributed by atoms with Gasteiger partial charge in [-0.2, -0.15) is 0 Å². The van der Waals surface area contributed by atoms with Gasteiger partial charge in [0.15, 0.2) is 0 Å². The summed E-state index contributed by atoms with van der Waals surface area (Å²) in [4.78, 5) is 23.5. The molecule has 0 amide bonds. The molecule has 0 bridgehead atoms. The minimum Gasteiger partial charge on any atom is -0.459 e. The van der Waals surface area contributed by atoms with Gasteiger partial charge in [0, 0.05) is 5.57 Å². The van der Waals surface area contributed by atoms with Crippen LogP contribution in [0.4, 0.5) is 0 Å². The van der Waals surface area contributed by atoms with Gasteiger partial charge < -0.3 is 14.2 Å². The van der Waals surface area contributed by atoms with E-state index in [4.69, 9.17) is 14.2 Å². The average Bonchev–Trinajstić information content (AvgIpc) is 3.35. The normalized spacial score (nSPS) is 23.1. The van der Waals surface area contributed by atoms with Crippen LogP contribution >= 0.6 is 0 Å². The number of epoxide rings is 1. The fourth-order valence-electron chi connectivity index (χ4n) is 2.45. The van der Waals surface area contributed by atoms with Crippen molar-refractivity contribution in [2.75, 3.05) is 13.2 Å². The zero-order valence-corrected chi connectivity index (χ0v) is 13.3. The average molecular weight is 308 g/mol. The summed E-state index contributed by atoms with van der Waals surface area (Å²) in [5, 5.41) is 0. The Balaban J connectivity index is 1.77. The predicted molar refractivity (Wildman–Crippen MR) is 80.9 cm³/mol. The first-order valence-corrected chi connectivity index (χ1v) is 7.91. The summed E-state index contributed by atoms with van der Waals surface area (Å²) in [6, 6.07) is 0. The lowest BCUT2D eigenvalue weighted by molar-refractivity contribution is -0.139. The van der Waals surface area contributed by atoms with E-state index in [-0.39, 0.29) is 18.3 Å². The van der Waals surface area contributed by atoms with Crippen LogP contribution in [0.2, 0.25) is 0 Å². The van der Waals surface area contributed by atoms with Gasteiger partial charge in [0.2, 0.25) is 0 Å². The molecule has 22 heavy (non-hydrogen) atoms. The van der Waals surface area contributed by atoms with Crippen LogP contribution in [0.15, 0.2) is 23.5 Å². The Kier molecular flexibility index (Phi) is 6.19. The van der Waals surface area contributed by atoms with Crippen LogP contribution in [0, 0.1) is 5.92 Å². The molecular weight excluding hydrogens is 284 g/mol. The lowest BCUT2D eigenvalue weighted by atomic mass is 9.88. The second kappa shape index (κ2) is 8.13. The molecule has 1 unspecified atom stereocenters. The number of carbonyl (C=O) groups is 2. The third-order valence-electron chi connectivity index (χ3n) is 3.92. The maximum atomic E-state index is 11.9. The summed E-state index contributed by atoms with van der Waals surface area (Å²) >= 11 is 0. The van der Waals surface area contributed by atoms with Crippen molar-refractivity contribution in [3.8, 4) is 0 Å². The first-order valence-electron chi connectivity index (χ1n) is 7.91. The van der Waals surface area contributed by atoms with E-state index in [1.807, 2.05) is 6.08 Å². The van der Waals surface area contributed by atoms with Gasteiger partial charge in [0.1, 0.15) is 19.0 Å². The molecule has 0 aromatic rings. The quantitative estimate of drug-likeness (QED) is 0.327. The molecule has 1 atom stereocenters. The van der Waals surface area contributed by atoms with Gasteiger partial charge >= 0.3 is 11.9 Å². The fourth-order valence-corrected chi connectivity index (χ4v) is 2.45. The molecule has 2 aliphatic rings. The standard InChI is InChI=1S/C17H24O5/c1-12(8-14-6-4-3-5-7-14)16(18)21-9-13(2)17(19)22-11-15-10-20-15/h8-9,14-15H,3-7,10-11H2,1-2H3/b12-8+,13-9+. The zero-order chi connectivity index (χ0) is 15.9. The molecule has 0 N–H and O–H groups in total. The highest BCUT2D eigenvalue weighted by molar-refractivity contribution is 5.90. The van der Waals surface area contributed by atoms with Gasteiger partial charge in [-0.1, -0.05) is 25.3 Å². The van der Waals surface area contributed by atoms with Crippen LogP contribution in [0.5, 0.6) is 0 Å². The van der Waals surface area contributed by atoms with Crippen LogP contribution in [-0.2, 0) is 23.8 Å². The van der Waals surface area contributed by atoms with Gasteiger partial charge in [-0.25, -0.2) is 9.59 Å². The van der Waals surface area contributed by atoms with Gasteiger partial charge in [-0.05, 0) is 32.6 Å². The second-order valence-electron chi connectivity index (χ2n) is 6.01. The Morgan fingerprint density at radius 1 is 1.09 bits per heavy atom. The molecule has 1 aliphatic heterocycles. The van der Waals surface area contributed by atoms with Crippen molar-refractivity contribution in [1.29, 1.82) is 0 Å². The SMILES string of the molecule is C/C(=C\C1CCCCC1)C(=O)O/C=C(\C)C(=O)OCC1CO1. The highest BCUT2D eigenvalue weighted by Gasteiger charge is 2.24. The number of hydrogen-bond donors (Lipinski definition) is 0. The summed E-state index contributed by atoms with van der Waals surface area (Å²) in [5.41, 5.74) is 0.857. The Labute approximate surface area is 131 Å². The maximum Gasteiger partial charge on any atom is 0.338 e. The number of allylic oxidation sites excluding steroid dienone is 1. The van der Waals surface area contributed by atoms with Crippen molar-refractivity contribution >= 4 is 11.9 Å². The van der Waals surface area contributed by atoms with Gasteiger partial charge in [0.25, 0.3) is 0 Å². The molecular formula is C17H24O5. The van der Waals surface area contributed by atoms with Crippen LogP contribution in [0.3, 0.4) is 0 Å². The minimum atomic E-state index is -0.489. The van der Waals surface area contributed by atoms with Crippen LogP contribution < -0.4 is 0 Å². The van der Waals surface area contributed by atoms with Crippen molar-refractivity contribution < 1.29 is 23.8 Å². The molecule has 0 aromatic carbocycles. The monoisotopic (exact) mass is 308 g/mol. The largest absolute Gasteiger partial charge is 0.459 e. The Morgan fingerprint density at radius 2 is 1.77 bits per heavy atom. The molecule has 1 heterocycles. The van der Waals surface area contributed by atoms with Gasteiger partial charge in [-0.15, -0.1) is 0 Å². The summed E-state index contributed by atoms with van der Waals surface area (Å²) in [5.74, 6) is -0.435. The van der Waals surface area contributed by atoms with Crippen molar-refractivity contribution in [3.05, 3.63) is 23.5 Å². The van der Waals surface area contributed by atoms with E-state index in [1.54, 1.807) is 13.8 Å². The van der Waals surface area contributed by atoms with Gasteiger partial charge in [0.05, 0.1) is 12.2 Å². The highest BCUT2D eigenvalue weighted by atomic mass is 16.6. The topological polar surface area (TPSA) is 65.1 Å². The van der Waals surface area contributed by atoms with Crippen molar-refractivity contribution in [2.24, 2.45) is 5.92 Å². The predicted octanol–water partition coefficient (Wildman–Crippen LogP) is 2.90. The van der Waals surface area contributed by atoms with Crippen LogP contribution in [0.25, 0.3) is 0 Å². The molecule has 122 valence electrons. The van der Waals surface area contributed by atoms with Crippen molar-refractivity contribution in [1.82, 2.24) is 0 Å². The number of rotatable bonds is 6. The Hall–Kier alpha value is -1.62.